The van der Waals surface area contributed by atoms with Gasteiger partial charge in [0.05, 0.1) is 6.61 Å². The summed E-state index contributed by atoms with van der Waals surface area (Å²) in [5, 5.41) is 10.5. The summed E-state index contributed by atoms with van der Waals surface area (Å²) in [6, 6.07) is 0. The van der Waals surface area contributed by atoms with Gasteiger partial charge >= 0.3 is 0 Å². The third-order valence-electron chi connectivity index (χ3n) is 4.24. The van der Waals surface area contributed by atoms with Crippen LogP contribution in [0, 0.1) is 5.41 Å². The molecule has 0 radical (unpaired) electrons. The van der Waals surface area contributed by atoms with Gasteiger partial charge in [-0.15, -0.1) is 0 Å². The van der Waals surface area contributed by atoms with E-state index in [0.29, 0.717) is 0 Å². The van der Waals surface area contributed by atoms with Gasteiger partial charge < -0.3 is 24.1 Å². The van der Waals surface area contributed by atoms with Gasteiger partial charge in [-0.1, -0.05) is 20.8 Å². The fourth-order valence-electron chi connectivity index (χ4n) is 2.37. The van der Waals surface area contributed by atoms with Crippen molar-refractivity contribution in [2.24, 2.45) is 5.41 Å². The predicted molar refractivity (Wildman–Crippen MR) is 74.6 cm³/mol. The van der Waals surface area contributed by atoms with E-state index in [9.17, 15) is 9.90 Å². The molecule has 0 aliphatic carbocycles. The Morgan fingerprint density at radius 1 is 1.19 bits per heavy atom. The highest BCUT2D eigenvalue weighted by atomic mass is 16.8. The predicted octanol–water partition coefficient (Wildman–Crippen LogP) is 1.25. The van der Waals surface area contributed by atoms with E-state index in [1.54, 1.807) is 20.8 Å². The molecule has 2 rings (SSSR count). The fourth-order valence-corrected chi connectivity index (χ4v) is 2.37. The van der Waals surface area contributed by atoms with E-state index in [1.165, 1.54) is 0 Å². The van der Waals surface area contributed by atoms with Crippen LogP contribution < -0.4 is 0 Å². The molecular weight excluding hydrogens is 276 g/mol. The Morgan fingerprint density at radius 2 is 1.81 bits per heavy atom. The summed E-state index contributed by atoms with van der Waals surface area (Å²) in [5.41, 5.74) is -0.335. The van der Waals surface area contributed by atoms with E-state index < -0.39 is 29.9 Å². The van der Waals surface area contributed by atoms with Crippen molar-refractivity contribution >= 4 is 5.78 Å². The van der Waals surface area contributed by atoms with Gasteiger partial charge in [-0.3, -0.25) is 4.79 Å². The monoisotopic (exact) mass is 302 g/mol. The van der Waals surface area contributed by atoms with Gasteiger partial charge in [-0.05, 0) is 20.8 Å². The molecule has 2 saturated heterocycles. The number of hydrogen-bond acceptors (Lipinski definition) is 6. The first-order chi connectivity index (χ1) is 9.45. The Morgan fingerprint density at radius 3 is 2.29 bits per heavy atom. The number of aliphatic hydroxyl groups is 1. The van der Waals surface area contributed by atoms with E-state index in [0.717, 1.165) is 0 Å². The van der Waals surface area contributed by atoms with E-state index in [-0.39, 0.29) is 24.4 Å². The van der Waals surface area contributed by atoms with Crippen LogP contribution in [0.2, 0.25) is 0 Å². The lowest BCUT2D eigenvalue weighted by atomic mass is 9.85. The van der Waals surface area contributed by atoms with E-state index in [1.807, 2.05) is 20.8 Å². The molecular formula is C15H26O6. The summed E-state index contributed by atoms with van der Waals surface area (Å²) < 4.78 is 22.5. The van der Waals surface area contributed by atoms with Crippen molar-refractivity contribution in [1.82, 2.24) is 0 Å². The van der Waals surface area contributed by atoms with Crippen LogP contribution >= 0.6 is 0 Å². The molecule has 6 nitrogen and oxygen atoms in total. The maximum Gasteiger partial charge on any atom is 0.190 e. The highest BCUT2D eigenvalue weighted by Gasteiger charge is 2.51. The number of hydrogen-bond donors (Lipinski definition) is 1. The molecule has 0 unspecified atom stereocenters. The largest absolute Gasteiger partial charge is 0.387 e. The molecule has 0 amide bonds. The zero-order valence-corrected chi connectivity index (χ0v) is 13.6. The van der Waals surface area contributed by atoms with Crippen molar-refractivity contribution in [2.45, 2.75) is 71.4 Å². The SMILES string of the molecule is CC1(C)OC[C@H]([C@@H](O)[C@H]2O[C@@](C)(C(C)(C)C)OCC2=O)O1. The molecule has 6 heteroatoms. The van der Waals surface area contributed by atoms with E-state index in [4.69, 9.17) is 18.9 Å². The Hall–Kier alpha value is -0.530. The average molecular weight is 302 g/mol. The molecule has 2 aliphatic heterocycles. The quantitative estimate of drug-likeness (QED) is 0.827. The first kappa shape index (κ1) is 16.8. The zero-order chi connectivity index (χ0) is 16.1. The molecule has 0 aromatic heterocycles. The van der Waals surface area contributed by atoms with E-state index >= 15 is 0 Å². The summed E-state index contributed by atoms with van der Waals surface area (Å²) in [4.78, 5) is 12.1. The van der Waals surface area contributed by atoms with Crippen molar-refractivity contribution in [3.63, 3.8) is 0 Å². The second-order valence-corrected chi connectivity index (χ2v) is 7.35. The summed E-state index contributed by atoms with van der Waals surface area (Å²) in [6.45, 7) is 11.4. The number of ether oxygens (including phenoxy) is 4. The minimum absolute atomic E-state index is 0.0769. The second-order valence-electron chi connectivity index (χ2n) is 7.35. The second kappa shape index (κ2) is 5.28. The molecule has 2 heterocycles. The Bertz CT molecular complexity index is 413. The fraction of sp³-hybridized carbons (Fsp3) is 0.933. The van der Waals surface area contributed by atoms with Crippen LogP contribution in [-0.2, 0) is 23.7 Å². The molecule has 0 aromatic rings. The molecule has 4 atom stereocenters. The molecule has 1 N–H and O–H groups in total. The van der Waals surface area contributed by atoms with Gasteiger partial charge in [0.2, 0.25) is 0 Å². The summed E-state index contributed by atoms with van der Waals surface area (Å²) in [6.07, 6.45) is -2.63. The van der Waals surface area contributed by atoms with Crippen LogP contribution in [0.3, 0.4) is 0 Å². The van der Waals surface area contributed by atoms with Crippen molar-refractivity contribution < 1.29 is 28.8 Å². The van der Waals surface area contributed by atoms with Crippen molar-refractivity contribution in [3.8, 4) is 0 Å². The topological polar surface area (TPSA) is 74.2 Å². The Labute approximate surface area is 125 Å². The van der Waals surface area contributed by atoms with Gasteiger partial charge in [0, 0.05) is 5.41 Å². The average Bonchev–Trinajstić information content (AvgIpc) is 2.71. The molecule has 0 bridgehead atoms. The van der Waals surface area contributed by atoms with Crippen LogP contribution in [0.5, 0.6) is 0 Å². The lowest BCUT2D eigenvalue weighted by molar-refractivity contribution is -0.322. The minimum Gasteiger partial charge on any atom is -0.387 e. The minimum atomic E-state index is -1.08. The number of Topliss-reactive ketones (excluding diaryl/α,β-unsaturated/α-hetero) is 1. The molecule has 0 spiro atoms. The normalized spacial score (nSPS) is 38.5. The van der Waals surface area contributed by atoms with Crippen LogP contribution in [0.15, 0.2) is 0 Å². The standard InChI is InChI=1S/C15H26O6/c1-13(2,3)15(6)19-7-9(16)12(21-15)11(17)10-8-18-14(4,5)20-10/h10-12,17H,7-8H2,1-6H3/t10-,11-,12+,15+/m1/s1. The zero-order valence-electron chi connectivity index (χ0n) is 13.6. The van der Waals surface area contributed by atoms with Crippen molar-refractivity contribution in [3.05, 3.63) is 0 Å². The molecule has 21 heavy (non-hydrogen) atoms. The van der Waals surface area contributed by atoms with Crippen LogP contribution in [0.25, 0.3) is 0 Å². The van der Waals surface area contributed by atoms with Crippen LogP contribution in [0.1, 0.15) is 41.5 Å². The first-order valence-corrected chi connectivity index (χ1v) is 7.29. The van der Waals surface area contributed by atoms with Gasteiger partial charge in [0.25, 0.3) is 0 Å². The van der Waals surface area contributed by atoms with Crippen LogP contribution in [0.4, 0.5) is 0 Å². The highest BCUT2D eigenvalue weighted by molar-refractivity contribution is 5.85. The number of ketones is 1. The smallest absolute Gasteiger partial charge is 0.190 e. The van der Waals surface area contributed by atoms with Crippen molar-refractivity contribution in [2.75, 3.05) is 13.2 Å². The Balaban J connectivity index is 2.12. The number of rotatable bonds is 2. The lowest BCUT2D eigenvalue weighted by Crippen LogP contribution is -2.59. The van der Waals surface area contributed by atoms with E-state index in [2.05, 4.69) is 0 Å². The third kappa shape index (κ3) is 3.29. The molecule has 0 saturated carbocycles. The molecule has 0 aromatic carbocycles. The number of aliphatic hydroxyl groups excluding tert-OH is 1. The lowest BCUT2D eigenvalue weighted by Gasteiger charge is -2.47. The van der Waals surface area contributed by atoms with Gasteiger partial charge in [-0.2, -0.15) is 0 Å². The van der Waals surface area contributed by atoms with Gasteiger partial charge in [-0.25, -0.2) is 0 Å². The van der Waals surface area contributed by atoms with Gasteiger partial charge in [0.15, 0.2) is 17.4 Å². The summed E-state index contributed by atoms with van der Waals surface area (Å²) >= 11 is 0. The Kier molecular flexibility index (Phi) is 4.23. The summed E-state index contributed by atoms with van der Waals surface area (Å²) in [7, 11) is 0. The van der Waals surface area contributed by atoms with Gasteiger partial charge in [0.1, 0.15) is 24.9 Å². The molecule has 2 fully saturated rings. The maximum atomic E-state index is 12.1. The molecule has 122 valence electrons. The maximum absolute atomic E-state index is 12.1. The molecule has 2 aliphatic rings. The number of carbonyl (C=O) groups is 1. The highest BCUT2D eigenvalue weighted by Crippen LogP contribution is 2.39. The summed E-state index contributed by atoms with van der Waals surface area (Å²) in [5.74, 6) is -1.98. The number of carbonyl (C=O) groups excluding carboxylic acids is 1. The first-order valence-electron chi connectivity index (χ1n) is 7.29. The third-order valence-corrected chi connectivity index (χ3v) is 4.24. The van der Waals surface area contributed by atoms with Crippen LogP contribution in [-0.4, -0.2) is 54.0 Å². The van der Waals surface area contributed by atoms with Crippen molar-refractivity contribution in [1.29, 1.82) is 0 Å².